The molecule has 24 heteroatoms. The molecule has 1 saturated heterocycles. The Morgan fingerprint density at radius 3 is 1.60 bits per heavy atom. The van der Waals surface area contributed by atoms with Crippen LogP contribution in [0.5, 0.6) is 0 Å². The van der Waals surface area contributed by atoms with Crippen molar-refractivity contribution in [1.29, 1.82) is 0 Å². The lowest BCUT2D eigenvalue weighted by molar-refractivity contribution is -0.141. The highest BCUT2D eigenvalue weighted by atomic mass is 16.4. The zero-order valence-electron chi connectivity index (χ0n) is 37.4. The zero-order chi connectivity index (χ0) is 49.3. The van der Waals surface area contributed by atoms with E-state index in [4.69, 9.17) is 5.11 Å². The van der Waals surface area contributed by atoms with Gasteiger partial charge in [0.1, 0.15) is 12.1 Å². The van der Waals surface area contributed by atoms with Gasteiger partial charge in [-0.1, -0.05) is 24.3 Å². The largest absolute Gasteiger partial charge is 0.481 e. The number of aromatic nitrogens is 1. The predicted octanol–water partition coefficient (Wildman–Crippen LogP) is -0.434. The fourth-order valence-electron chi connectivity index (χ4n) is 7.40. The molecule has 24 nitrogen and oxygen atoms in total. The van der Waals surface area contributed by atoms with Gasteiger partial charge >= 0.3 is 41.8 Å². The minimum atomic E-state index is -1.55. The molecule has 0 radical (unpaired) electrons. The molecule has 1 aliphatic rings. The molecule has 2 heterocycles. The molecule has 0 saturated carbocycles. The van der Waals surface area contributed by atoms with E-state index in [0.717, 1.165) is 10.8 Å². The minimum Gasteiger partial charge on any atom is -0.481 e. The quantitative estimate of drug-likeness (QED) is 0.0513. The summed E-state index contributed by atoms with van der Waals surface area (Å²) in [5.41, 5.74) is 0.649. The van der Waals surface area contributed by atoms with E-state index in [9.17, 15) is 68.7 Å². The van der Waals surface area contributed by atoms with Gasteiger partial charge in [-0.3, -0.25) is 53.4 Å². The van der Waals surface area contributed by atoms with Gasteiger partial charge in [0.05, 0.1) is 38.4 Å². The maximum Gasteiger partial charge on any atom is 0.326 e. The number of benzene rings is 1. The highest BCUT2D eigenvalue weighted by Crippen LogP contribution is 2.19. The number of carboxylic acid groups (broad SMARTS) is 6. The monoisotopic (exact) mass is 945 g/mol. The molecule has 1 aliphatic heterocycles. The van der Waals surface area contributed by atoms with Crippen molar-refractivity contribution in [2.45, 2.75) is 70.0 Å². The first kappa shape index (κ1) is 54.8. The van der Waals surface area contributed by atoms with Gasteiger partial charge in [0.25, 0.3) is 0 Å². The van der Waals surface area contributed by atoms with E-state index >= 15 is 0 Å². The molecule has 2 aromatic rings. The number of hydrogen-bond acceptors (Lipinski definition) is 14. The number of aliphatic carboxylic acids is 6. The zero-order valence-corrected chi connectivity index (χ0v) is 37.4. The van der Waals surface area contributed by atoms with Crippen LogP contribution in [-0.4, -0.2) is 217 Å². The van der Waals surface area contributed by atoms with Crippen LogP contribution in [0.3, 0.4) is 0 Å². The van der Waals surface area contributed by atoms with E-state index in [1.807, 2.05) is 35.2 Å². The van der Waals surface area contributed by atoms with Crippen LogP contribution in [0, 0.1) is 0 Å². The summed E-state index contributed by atoms with van der Waals surface area (Å²) in [6, 6.07) is 5.35. The topological polar surface area (TPSA) is 340 Å². The SMILES string of the molecule is O=C(O)CCC(NC(=O)N[C@@H](CCCCN(Cc1nccc2ccccc12)C(=O)CCCCNC(=O)CN1CCN(CC(=O)O)CCN(CC(=O)O)CCN(CC(=O)O)CC1)C(=O)O)C(=O)O. The van der Waals surface area contributed by atoms with Crippen molar-refractivity contribution < 1.29 is 73.8 Å². The summed E-state index contributed by atoms with van der Waals surface area (Å²) in [7, 11) is 0. The van der Waals surface area contributed by atoms with Crippen molar-refractivity contribution in [2.75, 3.05) is 91.6 Å². The Morgan fingerprint density at radius 1 is 0.582 bits per heavy atom. The molecule has 1 aromatic carbocycles. The van der Waals surface area contributed by atoms with Crippen molar-refractivity contribution >= 4 is 64.4 Å². The third kappa shape index (κ3) is 22.0. The van der Waals surface area contributed by atoms with Gasteiger partial charge in [0, 0.05) is 89.9 Å². The molecule has 1 unspecified atom stereocenters. The first-order valence-corrected chi connectivity index (χ1v) is 22.1. The van der Waals surface area contributed by atoms with Gasteiger partial charge in [-0.05, 0) is 50.0 Å². The van der Waals surface area contributed by atoms with E-state index in [2.05, 4.69) is 20.9 Å². The second kappa shape index (κ2) is 29.2. The van der Waals surface area contributed by atoms with Crippen molar-refractivity contribution in [1.82, 2.24) is 45.4 Å². The lowest BCUT2D eigenvalue weighted by atomic mass is 10.1. The Bertz CT molecular complexity index is 1970. The maximum atomic E-state index is 13.7. The molecule has 9 N–H and O–H groups in total. The third-order valence-electron chi connectivity index (χ3n) is 11.0. The van der Waals surface area contributed by atoms with Gasteiger partial charge in [-0.25, -0.2) is 14.4 Å². The highest BCUT2D eigenvalue weighted by molar-refractivity contribution is 5.87. The van der Waals surface area contributed by atoms with Crippen molar-refractivity contribution in [2.24, 2.45) is 0 Å². The molecule has 3 rings (SSSR count). The standard InChI is InChI=1S/C43H63N9O15/c53-35(26-48-17-19-49(27-38(57)58)21-23-51(29-40(61)62)24-22-50(20-18-48)28-39(59)60)45-14-5-3-10-36(54)52(25-34-31-8-2-1-7-30(31)13-15-44-34)16-6-4-9-32(41(63)64)46-43(67)47-33(42(65)66)11-12-37(55)56/h1-2,7-8,13,15,32-33H,3-6,9-12,14,16-29H2,(H,45,53)(H,55,56)(H,57,58)(H,59,60)(H,61,62)(H,63,64)(H,65,66)(H2,46,47,67)/t32-,33?/m0/s1. The van der Waals surface area contributed by atoms with Crippen LogP contribution >= 0.6 is 0 Å². The van der Waals surface area contributed by atoms with Gasteiger partial charge in [0.15, 0.2) is 0 Å². The van der Waals surface area contributed by atoms with Crippen molar-refractivity contribution in [3.63, 3.8) is 0 Å². The van der Waals surface area contributed by atoms with E-state index < -0.39 is 66.8 Å². The average Bonchev–Trinajstić information content (AvgIpc) is 3.25. The molecule has 4 amide bonds. The normalized spacial score (nSPS) is 15.5. The van der Waals surface area contributed by atoms with Gasteiger partial charge in [-0.2, -0.15) is 0 Å². The second-order valence-electron chi connectivity index (χ2n) is 16.2. The van der Waals surface area contributed by atoms with Crippen molar-refractivity contribution in [3.05, 3.63) is 42.2 Å². The van der Waals surface area contributed by atoms with E-state index in [-0.39, 0.29) is 129 Å². The van der Waals surface area contributed by atoms with E-state index in [0.29, 0.717) is 25.0 Å². The summed E-state index contributed by atoms with van der Waals surface area (Å²) >= 11 is 0. The summed E-state index contributed by atoms with van der Waals surface area (Å²) in [4.78, 5) is 121. The maximum absolute atomic E-state index is 13.7. The molecule has 1 fully saturated rings. The highest BCUT2D eigenvalue weighted by Gasteiger charge is 2.26. The number of amides is 4. The second-order valence-corrected chi connectivity index (χ2v) is 16.2. The molecular formula is C43H63N9O15. The Labute approximate surface area is 386 Å². The number of carbonyl (C=O) groups is 9. The number of unbranched alkanes of at least 4 members (excludes halogenated alkanes) is 2. The van der Waals surface area contributed by atoms with Crippen LogP contribution in [0.25, 0.3) is 10.8 Å². The summed E-state index contributed by atoms with van der Waals surface area (Å²) < 4.78 is 0. The average molecular weight is 946 g/mol. The summed E-state index contributed by atoms with van der Waals surface area (Å²) in [6.07, 6.45) is 2.18. The number of rotatable bonds is 27. The Kier molecular flexibility index (Phi) is 23.9. The first-order valence-electron chi connectivity index (χ1n) is 22.1. The molecule has 0 spiro atoms. The predicted molar refractivity (Wildman–Crippen MR) is 238 cm³/mol. The lowest BCUT2D eigenvalue weighted by Crippen LogP contribution is -2.51. The summed E-state index contributed by atoms with van der Waals surface area (Å²) in [6.45, 7) is 1.72. The van der Waals surface area contributed by atoms with Crippen molar-refractivity contribution in [3.8, 4) is 0 Å². The number of nitrogens with zero attached hydrogens (tertiary/aromatic N) is 6. The Balaban J connectivity index is 1.58. The molecule has 370 valence electrons. The van der Waals surface area contributed by atoms with Crippen LogP contribution in [-0.2, 0) is 44.9 Å². The molecular weight excluding hydrogens is 883 g/mol. The smallest absolute Gasteiger partial charge is 0.326 e. The molecule has 0 aliphatic carbocycles. The first-order chi connectivity index (χ1) is 31.9. The lowest BCUT2D eigenvalue weighted by Gasteiger charge is -2.32. The third-order valence-corrected chi connectivity index (χ3v) is 11.0. The summed E-state index contributed by atoms with van der Waals surface area (Å²) in [5.74, 6) is -7.83. The minimum absolute atomic E-state index is 0.0592. The van der Waals surface area contributed by atoms with E-state index in [1.165, 1.54) is 0 Å². The fourth-order valence-corrected chi connectivity index (χ4v) is 7.40. The summed E-state index contributed by atoms with van der Waals surface area (Å²) in [5, 5.41) is 65.3. The number of pyridine rings is 1. The molecule has 67 heavy (non-hydrogen) atoms. The van der Waals surface area contributed by atoms with Gasteiger partial charge in [0.2, 0.25) is 11.8 Å². The molecule has 2 atom stereocenters. The number of carboxylic acids is 6. The van der Waals surface area contributed by atoms with Crippen LogP contribution < -0.4 is 16.0 Å². The molecule has 0 bridgehead atoms. The van der Waals surface area contributed by atoms with Crippen LogP contribution in [0.15, 0.2) is 36.5 Å². The fraction of sp³-hybridized carbons (Fsp3) is 0.581. The van der Waals surface area contributed by atoms with Crippen LogP contribution in [0.1, 0.15) is 57.1 Å². The number of urea groups is 1. The van der Waals surface area contributed by atoms with Gasteiger partial charge in [-0.15, -0.1) is 0 Å². The number of fused-ring (bicyclic) bond motifs is 1. The number of hydrogen-bond donors (Lipinski definition) is 9. The number of nitrogens with one attached hydrogen (secondary N) is 3. The Hall–Kier alpha value is -6.50. The van der Waals surface area contributed by atoms with Crippen LogP contribution in [0.4, 0.5) is 4.79 Å². The van der Waals surface area contributed by atoms with Gasteiger partial charge < -0.3 is 51.5 Å². The van der Waals surface area contributed by atoms with Crippen LogP contribution in [0.2, 0.25) is 0 Å². The van der Waals surface area contributed by atoms with E-state index in [1.54, 1.807) is 25.8 Å². The number of carbonyl (C=O) groups excluding carboxylic acids is 3. The molecule has 1 aromatic heterocycles. The Morgan fingerprint density at radius 2 is 1.09 bits per heavy atom.